The van der Waals surface area contributed by atoms with Gasteiger partial charge in [-0.05, 0) is 31.0 Å². The number of hydrogen-bond donors (Lipinski definition) is 2. The molecule has 0 radical (unpaired) electrons. The minimum absolute atomic E-state index is 0.104. The molecule has 2 rings (SSSR count). The van der Waals surface area contributed by atoms with Crippen molar-refractivity contribution in [3.8, 4) is 0 Å². The van der Waals surface area contributed by atoms with Gasteiger partial charge in [0.1, 0.15) is 5.82 Å². The van der Waals surface area contributed by atoms with Crippen molar-refractivity contribution in [3.05, 3.63) is 29.0 Å². The first kappa shape index (κ1) is 11.7. The molecular formula is C12H16ClFN2. The van der Waals surface area contributed by atoms with Crippen molar-refractivity contribution in [1.82, 2.24) is 0 Å². The molecule has 2 nitrogen and oxygen atoms in total. The van der Waals surface area contributed by atoms with E-state index in [2.05, 4.69) is 5.32 Å². The molecule has 0 bridgehead atoms. The number of rotatable bonds is 2. The van der Waals surface area contributed by atoms with Crippen LogP contribution in [-0.4, -0.2) is 12.1 Å². The van der Waals surface area contributed by atoms with E-state index in [0.717, 1.165) is 25.7 Å². The van der Waals surface area contributed by atoms with E-state index >= 15 is 0 Å². The molecule has 3 N–H and O–H groups in total. The SMILES string of the molecule is NC1CCCCC1Nc1cc(Cl)ccc1F. The summed E-state index contributed by atoms with van der Waals surface area (Å²) in [7, 11) is 0. The molecule has 4 heteroatoms. The van der Waals surface area contributed by atoms with Crippen LogP contribution in [0, 0.1) is 5.82 Å². The molecule has 1 fully saturated rings. The molecule has 1 aliphatic carbocycles. The Morgan fingerprint density at radius 1 is 1.31 bits per heavy atom. The van der Waals surface area contributed by atoms with Gasteiger partial charge in [-0.3, -0.25) is 0 Å². The number of nitrogens with one attached hydrogen (secondary N) is 1. The van der Waals surface area contributed by atoms with Gasteiger partial charge in [0.2, 0.25) is 0 Å². The quantitative estimate of drug-likeness (QED) is 0.836. The zero-order valence-electron chi connectivity index (χ0n) is 9.05. The van der Waals surface area contributed by atoms with Gasteiger partial charge in [0.15, 0.2) is 0 Å². The number of anilines is 1. The van der Waals surface area contributed by atoms with Gasteiger partial charge < -0.3 is 11.1 Å². The summed E-state index contributed by atoms with van der Waals surface area (Å²) in [5.74, 6) is -0.276. The largest absolute Gasteiger partial charge is 0.378 e. The van der Waals surface area contributed by atoms with E-state index in [1.54, 1.807) is 12.1 Å². The second-order valence-electron chi connectivity index (χ2n) is 4.32. The highest BCUT2D eigenvalue weighted by molar-refractivity contribution is 6.30. The molecule has 2 unspecified atom stereocenters. The minimum atomic E-state index is -0.276. The summed E-state index contributed by atoms with van der Waals surface area (Å²) in [6, 6.07) is 4.79. The van der Waals surface area contributed by atoms with E-state index in [-0.39, 0.29) is 17.9 Å². The van der Waals surface area contributed by atoms with Crippen LogP contribution in [0.4, 0.5) is 10.1 Å². The lowest BCUT2D eigenvalue weighted by molar-refractivity contribution is 0.403. The topological polar surface area (TPSA) is 38.0 Å². The summed E-state index contributed by atoms with van der Waals surface area (Å²) >= 11 is 5.83. The van der Waals surface area contributed by atoms with Crippen LogP contribution in [0.2, 0.25) is 5.02 Å². The zero-order chi connectivity index (χ0) is 11.5. The third kappa shape index (κ3) is 2.66. The molecule has 1 aromatic carbocycles. The monoisotopic (exact) mass is 242 g/mol. The van der Waals surface area contributed by atoms with Crippen molar-refractivity contribution < 1.29 is 4.39 Å². The second-order valence-corrected chi connectivity index (χ2v) is 4.76. The van der Waals surface area contributed by atoms with Gasteiger partial charge in [-0.2, -0.15) is 0 Å². The summed E-state index contributed by atoms with van der Waals surface area (Å²) in [5, 5.41) is 3.69. The van der Waals surface area contributed by atoms with Crippen LogP contribution >= 0.6 is 11.6 Å². The van der Waals surface area contributed by atoms with Gasteiger partial charge in [-0.15, -0.1) is 0 Å². The standard InChI is InChI=1S/C12H16ClFN2/c13-8-5-6-9(14)12(7-8)16-11-4-2-1-3-10(11)15/h5-7,10-11,16H,1-4,15H2. The summed E-state index contributed by atoms with van der Waals surface area (Å²) < 4.78 is 13.5. The summed E-state index contributed by atoms with van der Waals surface area (Å²) in [4.78, 5) is 0. The molecule has 2 atom stereocenters. The zero-order valence-corrected chi connectivity index (χ0v) is 9.80. The van der Waals surface area contributed by atoms with Crippen LogP contribution < -0.4 is 11.1 Å². The van der Waals surface area contributed by atoms with Gasteiger partial charge in [0.25, 0.3) is 0 Å². The Bertz CT molecular complexity index is 370. The lowest BCUT2D eigenvalue weighted by atomic mass is 9.91. The second kappa shape index (κ2) is 5.02. The van der Waals surface area contributed by atoms with Crippen LogP contribution in [-0.2, 0) is 0 Å². The Labute approximate surface area is 100.0 Å². The van der Waals surface area contributed by atoms with E-state index in [4.69, 9.17) is 17.3 Å². The van der Waals surface area contributed by atoms with Gasteiger partial charge >= 0.3 is 0 Å². The van der Waals surface area contributed by atoms with Crippen molar-refractivity contribution in [1.29, 1.82) is 0 Å². The van der Waals surface area contributed by atoms with E-state index < -0.39 is 0 Å². The molecule has 0 spiro atoms. The van der Waals surface area contributed by atoms with Crippen molar-refractivity contribution in [2.45, 2.75) is 37.8 Å². The van der Waals surface area contributed by atoms with Gasteiger partial charge in [-0.1, -0.05) is 24.4 Å². The van der Waals surface area contributed by atoms with Crippen LogP contribution in [0.15, 0.2) is 18.2 Å². The highest BCUT2D eigenvalue weighted by Crippen LogP contribution is 2.24. The lowest BCUT2D eigenvalue weighted by Gasteiger charge is -2.30. The van der Waals surface area contributed by atoms with E-state index in [0.29, 0.717) is 10.7 Å². The summed E-state index contributed by atoms with van der Waals surface area (Å²) in [6.07, 6.45) is 4.30. The highest BCUT2D eigenvalue weighted by Gasteiger charge is 2.22. The number of nitrogens with two attached hydrogens (primary N) is 1. The number of halogens is 2. The van der Waals surface area contributed by atoms with E-state index in [1.165, 1.54) is 6.07 Å². The fourth-order valence-corrected chi connectivity index (χ4v) is 2.32. The first-order valence-corrected chi connectivity index (χ1v) is 6.02. The lowest BCUT2D eigenvalue weighted by Crippen LogP contribution is -2.42. The minimum Gasteiger partial charge on any atom is -0.378 e. The smallest absolute Gasteiger partial charge is 0.146 e. The normalized spacial score (nSPS) is 25.4. The Morgan fingerprint density at radius 3 is 2.81 bits per heavy atom. The maximum atomic E-state index is 13.5. The Kier molecular flexibility index (Phi) is 3.66. The van der Waals surface area contributed by atoms with E-state index in [1.807, 2.05) is 0 Å². The molecule has 1 aromatic rings. The molecule has 0 heterocycles. The summed E-state index contributed by atoms with van der Waals surface area (Å²) in [6.45, 7) is 0. The molecule has 16 heavy (non-hydrogen) atoms. The van der Waals surface area contributed by atoms with Crippen LogP contribution in [0.1, 0.15) is 25.7 Å². The molecular weight excluding hydrogens is 227 g/mol. The molecule has 0 aliphatic heterocycles. The van der Waals surface area contributed by atoms with E-state index in [9.17, 15) is 4.39 Å². The van der Waals surface area contributed by atoms with Crippen LogP contribution in [0.5, 0.6) is 0 Å². The fraction of sp³-hybridized carbons (Fsp3) is 0.500. The predicted octanol–water partition coefficient (Wildman–Crippen LogP) is 3.16. The number of benzene rings is 1. The van der Waals surface area contributed by atoms with Crippen LogP contribution in [0.25, 0.3) is 0 Å². The Balaban J connectivity index is 2.10. The first-order valence-electron chi connectivity index (χ1n) is 5.64. The van der Waals surface area contributed by atoms with Crippen LogP contribution in [0.3, 0.4) is 0 Å². The molecule has 88 valence electrons. The predicted molar refractivity (Wildman–Crippen MR) is 65.3 cm³/mol. The van der Waals surface area contributed by atoms with Gasteiger partial charge in [0, 0.05) is 17.1 Å². The fourth-order valence-electron chi connectivity index (χ4n) is 2.15. The van der Waals surface area contributed by atoms with Gasteiger partial charge in [-0.25, -0.2) is 4.39 Å². The third-order valence-corrected chi connectivity index (χ3v) is 3.32. The molecule has 0 saturated heterocycles. The third-order valence-electron chi connectivity index (χ3n) is 3.09. The van der Waals surface area contributed by atoms with Gasteiger partial charge in [0.05, 0.1) is 5.69 Å². The maximum Gasteiger partial charge on any atom is 0.146 e. The van der Waals surface area contributed by atoms with Crippen molar-refractivity contribution in [2.75, 3.05) is 5.32 Å². The molecule has 0 aromatic heterocycles. The number of hydrogen-bond acceptors (Lipinski definition) is 2. The Hall–Kier alpha value is -0.800. The average Bonchev–Trinajstić information content (AvgIpc) is 2.27. The highest BCUT2D eigenvalue weighted by atomic mass is 35.5. The maximum absolute atomic E-state index is 13.5. The van der Waals surface area contributed by atoms with Crippen molar-refractivity contribution >= 4 is 17.3 Å². The molecule has 0 amide bonds. The van der Waals surface area contributed by atoms with Crippen molar-refractivity contribution in [3.63, 3.8) is 0 Å². The average molecular weight is 243 g/mol. The molecule has 1 saturated carbocycles. The Morgan fingerprint density at radius 2 is 2.06 bits per heavy atom. The summed E-state index contributed by atoms with van der Waals surface area (Å²) in [5.41, 5.74) is 6.45. The first-order chi connectivity index (χ1) is 7.66. The van der Waals surface area contributed by atoms with Crippen molar-refractivity contribution in [2.24, 2.45) is 5.73 Å². The molecule has 1 aliphatic rings.